The van der Waals surface area contributed by atoms with Gasteiger partial charge < -0.3 is 25.3 Å². The van der Waals surface area contributed by atoms with E-state index >= 15 is 0 Å². The summed E-state index contributed by atoms with van der Waals surface area (Å²) in [6.07, 6.45) is 0. The van der Waals surface area contributed by atoms with Gasteiger partial charge in [-0.05, 0) is 61.5 Å². The summed E-state index contributed by atoms with van der Waals surface area (Å²) in [5.74, 6) is 1.30. The fraction of sp³-hybridized carbons (Fsp3) is 0.130. The van der Waals surface area contributed by atoms with Gasteiger partial charge in [-0.3, -0.25) is 9.59 Å². The SMILES string of the molecule is CCOc1ccc(Oc2ccccc2NC(=O)c2cccc(OCC(N)=O)c2)cc1. The van der Waals surface area contributed by atoms with Crippen LogP contribution in [0.3, 0.4) is 0 Å². The second-order valence-electron chi connectivity index (χ2n) is 6.24. The maximum absolute atomic E-state index is 12.7. The predicted molar refractivity (Wildman–Crippen MR) is 113 cm³/mol. The zero-order chi connectivity index (χ0) is 21.3. The molecule has 0 aliphatic carbocycles. The van der Waals surface area contributed by atoms with Crippen LogP contribution < -0.4 is 25.3 Å². The van der Waals surface area contributed by atoms with Gasteiger partial charge in [0.1, 0.15) is 17.2 Å². The van der Waals surface area contributed by atoms with Crippen LogP contribution in [-0.4, -0.2) is 25.0 Å². The number of para-hydroxylation sites is 2. The molecule has 0 atom stereocenters. The Morgan fingerprint density at radius 3 is 2.33 bits per heavy atom. The third kappa shape index (κ3) is 5.75. The smallest absolute Gasteiger partial charge is 0.255 e. The molecule has 0 radical (unpaired) electrons. The number of nitrogens with two attached hydrogens (primary N) is 1. The fourth-order valence-corrected chi connectivity index (χ4v) is 2.63. The van der Waals surface area contributed by atoms with Crippen molar-refractivity contribution < 1.29 is 23.8 Å². The summed E-state index contributed by atoms with van der Waals surface area (Å²) in [6.45, 7) is 2.25. The number of primary amides is 1. The van der Waals surface area contributed by atoms with Gasteiger partial charge in [-0.25, -0.2) is 0 Å². The van der Waals surface area contributed by atoms with E-state index in [-0.39, 0.29) is 12.5 Å². The fourth-order valence-electron chi connectivity index (χ4n) is 2.63. The van der Waals surface area contributed by atoms with E-state index in [2.05, 4.69) is 5.32 Å². The molecule has 0 spiro atoms. The first-order valence-electron chi connectivity index (χ1n) is 9.37. The quantitative estimate of drug-likeness (QED) is 0.560. The maximum atomic E-state index is 12.7. The Balaban J connectivity index is 1.72. The molecule has 0 heterocycles. The zero-order valence-corrected chi connectivity index (χ0v) is 16.5. The number of hydrogen-bond donors (Lipinski definition) is 2. The molecule has 0 aliphatic heterocycles. The summed E-state index contributed by atoms with van der Waals surface area (Å²) in [6, 6.07) is 20.8. The van der Waals surface area contributed by atoms with Gasteiger partial charge >= 0.3 is 0 Å². The van der Waals surface area contributed by atoms with E-state index in [0.29, 0.717) is 35.1 Å². The number of hydrogen-bond acceptors (Lipinski definition) is 5. The van der Waals surface area contributed by atoms with Crippen LogP contribution in [0.1, 0.15) is 17.3 Å². The van der Waals surface area contributed by atoms with Gasteiger partial charge in [0.15, 0.2) is 12.4 Å². The van der Waals surface area contributed by atoms with Crippen LogP contribution in [0.5, 0.6) is 23.0 Å². The average Bonchev–Trinajstić information content (AvgIpc) is 2.75. The Morgan fingerprint density at radius 2 is 1.60 bits per heavy atom. The Kier molecular flexibility index (Phi) is 6.89. The van der Waals surface area contributed by atoms with Crippen molar-refractivity contribution in [2.45, 2.75) is 6.92 Å². The van der Waals surface area contributed by atoms with E-state index in [1.807, 2.05) is 25.1 Å². The summed E-state index contributed by atoms with van der Waals surface area (Å²) in [7, 11) is 0. The molecule has 3 N–H and O–H groups in total. The second-order valence-corrected chi connectivity index (χ2v) is 6.24. The molecule has 0 bridgehead atoms. The van der Waals surface area contributed by atoms with Gasteiger partial charge in [0.2, 0.25) is 0 Å². The Bertz CT molecular complexity index is 1020. The number of carbonyl (C=O) groups is 2. The predicted octanol–water partition coefficient (Wildman–Crippen LogP) is 3.99. The number of nitrogens with one attached hydrogen (secondary N) is 1. The lowest BCUT2D eigenvalue weighted by Gasteiger charge is -2.13. The Hall–Kier alpha value is -4.00. The van der Waals surface area contributed by atoms with Crippen molar-refractivity contribution in [2.24, 2.45) is 5.73 Å². The highest BCUT2D eigenvalue weighted by Gasteiger charge is 2.12. The molecule has 3 rings (SSSR count). The van der Waals surface area contributed by atoms with Crippen molar-refractivity contribution in [3.8, 4) is 23.0 Å². The lowest BCUT2D eigenvalue weighted by atomic mass is 10.2. The molecule has 2 amide bonds. The molecule has 30 heavy (non-hydrogen) atoms. The van der Waals surface area contributed by atoms with E-state index in [4.69, 9.17) is 19.9 Å². The molecule has 0 aromatic heterocycles. The number of ether oxygens (including phenoxy) is 3. The molecule has 7 nitrogen and oxygen atoms in total. The van der Waals surface area contributed by atoms with Crippen molar-refractivity contribution in [3.63, 3.8) is 0 Å². The minimum Gasteiger partial charge on any atom is -0.494 e. The van der Waals surface area contributed by atoms with Crippen molar-refractivity contribution >= 4 is 17.5 Å². The number of amides is 2. The van der Waals surface area contributed by atoms with Crippen LogP contribution in [-0.2, 0) is 4.79 Å². The van der Waals surface area contributed by atoms with E-state index < -0.39 is 5.91 Å². The molecule has 0 saturated carbocycles. The normalized spacial score (nSPS) is 10.2. The lowest BCUT2D eigenvalue weighted by Crippen LogP contribution is -2.20. The van der Waals surface area contributed by atoms with Gasteiger partial charge in [-0.15, -0.1) is 0 Å². The number of rotatable bonds is 9. The summed E-state index contributed by atoms with van der Waals surface area (Å²) in [4.78, 5) is 23.6. The minimum absolute atomic E-state index is 0.260. The summed E-state index contributed by atoms with van der Waals surface area (Å²) >= 11 is 0. The maximum Gasteiger partial charge on any atom is 0.255 e. The van der Waals surface area contributed by atoms with Crippen molar-refractivity contribution in [3.05, 3.63) is 78.4 Å². The first-order chi connectivity index (χ1) is 14.5. The van der Waals surface area contributed by atoms with Gasteiger partial charge in [-0.1, -0.05) is 18.2 Å². The number of anilines is 1. The van der Waals surface area contributed by atoms with E-state index in [1.165, 1.54) is 6.07 Å². The molecule has 0 unspecified atom stereocenters. The third-order valence-corrected chi connectivity index (χ3v) is 3.98. The number of carbonyl (C=O) groups excluding carboxylic acids is 2. The van der Waals surface area contributed by atoms with Crippen LogP contribution in [0.2, 0.25) is 0 Å². The molecule has 3 aromatic rings. The molecule has 0 fully saturated rings. The Labute approximate surface area is 174 Å². The largest absolute Gasteiger partial charge is 0.494 e. The standard InChI is InChI=1S/C23H22N2O5/c1-2-28-17-10-12-18(13-11-17)30-21-9-4-3-8-20(21)25-23(27)16-6-5-7-19(14-16)29-15-22(24)26/h3-14H,2,15H2,1H3,(H2,24,26)(H,25,27). The molecule has 7 heteroatoms. The van der Waals surface area contributed by atoms with Crippen molar-refractivity contribution in [1.29, 1.82) is 0 Å². The highest BCUT2D eigenvalue weighted by molar-refractivity contribution is 6.05. The summed E-state index contributed by atoms with van der Waals surface area (Å²) in [5, 5.41) is 2.84. The monoisotopic (exact) mass is 406 g/mol. The summed E-state index contributed by atoms with van der Waals surface area (Å²) in [5.41, 5.74) is 5.96. The first-order valence-corrected chi connectivity index (χ1v) is 9.37. The van der Waals surface area contributed by atoms with E-state index in [0.717, 1.165) is 5.75 Å². The van der Waals surface area contributed by atoms with Crippen molar-refractivity contribution in [2.75, 3.05) is 18.5 Å². The Morgan fingerprint density at radius 1 is 0.867 bits per heavy atom. The second kappa shape index (κ2) is 9.97. The molecule has 3 aromatic carbocycles. The van der Waals surface area contributed by atoms with Crippen molar-refractivity contribution in [1.82, 2.24) is 0 Å². The number of benzene rings is 3. The molecular formula is C23H22N2O5. The van der Waals surface area contributed by atoms with E-state index in [9.17, 15) is 9.59 Å². The van der Waals surface area contributed by atoms with Crippen LogP contribution in [0, 0.1) is 0 Å². The molecule has 154 valence electrons. The highest BCUT2D eigenvalue weighted by atomic mass is 16.5. The van der Waals surface area contributed by atoms with Crippen LogP contribution >= 0.6 is 0 Å². The van der Waals surface area contributed by atoms with Crippen LogP contribution in [0.25, 0.3) is 0 Å². The van der Waals surface area contributed by atoms with Crippen LogP contribution in [0.15, 0.2) is 72.8 Å². The topological polar surface area (TPSA) is 99.9 Å². The highest BCUT2D eigenvalue weighted by Crippen LogP contribution is 2.30. The lowest BCUT2D eigenvalue weighted by molar-refractivity contribution is -0.119. The van der Waals surface area contributed by atoms with Crippen LogP contribution in [0.4, 0.5) is 5.69 Å². The third-order valence-electron chi connectivity index (χ3n) is 3.98. The van der Waals surface area contributed by atoms with Gasteiger partial charge in [0, 0.05) is 5.56 Å². The van der Waals surface area contributed by atoms with E-state index in [1.54, 1.807) is 48.5 Å². The molecular weight excluding hydrogens is 384 g/mol. The van der Waals surface area contributed by atoms with Gasteiger partial charge in [0.25, 0.3) is 11.8 Å². The molecule has 0 saturated heterocycles. The first kappa shape index (κ1) is 20.7. The summed E-state index contributed by atoms with van der Waals surface area (Å²) < 4.78 is 16.6. The van der Waals surface area contributed by atoms with Gasteiger partial charge in [0.05, 0.1) is 12.3 Å². The average molecular weight is 406 g/mol. The zero-order valence-electron chi connectivity index (χ0n) is 16.5. The van der Waals surface area contributed by atoms with Gasteiger partial charge in [-0.2, -0.15) is 0 Å². The minimum atomic E-state index is -0.592. The molecule has 0 aliphatic rings.